The molecule has 3 nitrogen and oxygen atoms in total. The largest absolute Gasteiger partial charge is 0.375 e. The average molecular weight is 385 g/mol. The van der Waals surface area contributed by atoms with Crippen LogP contribution in [0.1, 0.15) is 29.3 Å². The predicted molar refractivity (Wildman–Crippen MR) is 88.1 cm³/mol. The van der Waals surface area contributed by atoms with Crippen molar-refractivity contribution in [3.63, 3.8) is 0 Å². The summed E-state index contributed by atoms with van der Waals surface area (Å²) < 4.78 is 1.36. The van der Waals surface area contributed by atoms with Crippen LogP contribution >= 0.6 is 33.9 Å². The predicted octanol–water partition coefficient (Wildman–Crippen LogP) is 3.67. The first-order valence-electron chi connectivity index (χ1n) is 6.42. The number of benzene rings is 1. The molecular weight excluding hydrogens is 369 g/mol. The van der Waals surface area contributed by atoms with E-state index in [0.717, 1.165) is 13.1 Å². The molecule has 1 unspecified atom stereocenters. The van der Waals surface area contributed by atoms with E-state index >= 15 is 0 Å². The van der Waals surface area contributed by atoms with E-state index in [1.807, 2.05) is 6.20 Å². The minimum atomic E-state index is 0.538. The first-order valence-corrected chi connectivity index (χ1v) is 8.32. The third-order valence-corrected chi connectivity index (χ3v) is 5.35. The highest BCUT2D eigenvalue weighted by Gasteiger charge is 2.27. The van der Waals surface area contributed by atoms with E-state index in [1.54, 1.807) is 11.3 Å². The van der Waals surface area contributed by atoms with Crippen molar-refractivity contribution >= 4 is 39.1 Å². The maximum Gasteiger partial charge on any atom is 0.180 e. The highest BCUT2D eigenvalue weighted by Crippen LogP contribution is 2.35. The van der Waals surface area contributed by atoms with Crippen LogP contribution in [0.3, 0.4) is 0 Å². The van der Waals surface area contributed by atoms with E-state index < -0.39 is 0 Å². The average Bonchev–Trinajstić information content (AvgIpc) is 3.00. The summed E-state index contributed by atoms with van der Waals surface area (Å²) in [5.41, 5.74) is 7.17. The summed E-state index contributed by atoms with van der Waals surface area (Å²) in [5, 5.41) is 0.667. The summed E-state index contributed by atoms with van der Waals surface area (Å²) in [5.74, 6) is 0. The fourth-order valence-electron chi connectivity index (χ4n) is 2.71. The molecular formula is C14H16IN3S. The number of aromatic nitrogens is 1. The van der Waals surface area contributed by atoms with E-state index in [1.165, 1.54) is 26.9 Å². The van der Waals surface area contributed by atoms with Crippen LogP contribution in [0.25, 0.3) is 0 Å². The number of thiazole rings is 1. The number of nitrogen functional groups attached to an aromatic ring is 1. The monoisotopic (exact) mass is 385 g/mol. The van der Waals surface area contributed by atoms with Crippen LogP contribution < -0.4 is 5.73 Å². The minimum absolute atomic E-state index is 0.538. The maximum absolute atomic E-state index is 5.71. The van der Waals surface area contributed by atoms with Crippen LogP contribution in [0.2, 0.25) is 0 Å². The molecule has 100 valence electrons. The molecule has 0 radical (unpaired) electrons. The Hall–Kier alpha value is -0.660. The molecule has 0 amide bonds. The topological polar surface area (TPSA) is 42.1 Å². The second-order valence-electron chi connectivity index (χ2n) is 4.81. The Morgan fingerprint density at radius 3 is 3.00 bits per heavy atom. The number of nitrogens with two attached hydrogens (primary N) is 1. The van der Waals surface area contributed by atoms with Crippen LogP contribution in [-0.2, 0) is 6.54 Å². The molecule has 0 saturated carbocycles. The second kappa shape index (κ2) is 5.76. The zero-order valence-electron chi connectivity index (χ0n) is 10.6. The van der Waals surface area contributed by atoms with Crippen molar-refractivity contribution < 1.29 is 0 Å². The van der Waals surface area contributed by atoms with E-state index in [0.29, 0.717) is 11.2 Å². The fourth-order valence-corrected chi connectivity index (χ4v) is 4.17. The number of nitrogens with zero attached hydrogens (tertiary/aromatic N) is 2. The SMILES string of the molecule is Nc1ncc(CN2CCCC2c2ccccc2I)s1. The molecule has 1 saturated heterocycles. The standard InChI is InChI=1S/C14H16IN3S/c15-12-5-2-1-4-11(12)13-6-3-7-18(13)9-10-8-17-14(16)19-10/h1-2,4-5,8,13H,3,6-7,9H2,(H2,16,17). The molecule has 2 aromatic rings. The molecule has 1 aromatic heterocycles. The molecule has 5 heteroatoms. The summed E-state index contributed by atoms with van der Waals surface area (Å²) in [4.78, 5) is 7.95. The van der Waals surface area contributed by atoms with Crippen LogP contribution in [0.15, 0.2) is 30.5 Å². The molecule has 1 aliphatic heterocycles. The molecule has 1 aliphatic rings. The molecule has 0 bridgehead atoms. The Bertz CT molecular complexity index is 569. The molecule has 0 spiro atoms. The van der Waals surface area contributed by atoms with Gasteiger partial charge in [0.2, 0.25) is 0 Å². The van der Waals surface area contributed by atoms with Crippen molar-refractivity contribution in [3.8, 4) is 0 Å². The third-order valence-electron chi connectivity index (χ3n) is 3.56. The Morgan fingerprint density at radius 1 is 1.42 bits per heavy atom. The number of hydrogen-bond acceptors (Lipinski definition) is 4. The normalized spacial score (nSPS) is 19.9. The van der Waals surface area contributed by atoms with E-state index in [9.17, 15) is 0 Å². The molecule has 1 atom stereocenters. The van der Waals surface area contributed by atoms with Gasteiger partial charge in [0.15, 0.2) is 5.13 Å². The van der Waals surface area contributed by atoms with E-state index in [-0.39, 0.29) is 0 Å². The number of hydrogen-bond donors (Lipinski definition) is 1. The Labute approximate surface area is 131 Å². The van der Waals surface area contributed by atoms with Gasteiger partial charge in [-0.15, -0.1) is 11.3 Å². The molecule has 1 fully saturated rings. The Balaban J connectivity index is 1.80. The smallest absolute Gasteiger partial charge is 0.180 e. The van der Waals surface area contributed by atoms with Crippen LogP contribution in [-0.4, -0.2) is 16.4 Å². The minimum Gasteiger partial charge on any atom is -0.375 e. The van der Waals surface area contributed by atoms with Gasteiger partial charge in [-0.05, 0) is 53.6 Å². The number of rotatable bonds is 3. The summed E-state index contributed by atoms with van der Waals surface area (Å²) in [7, 11) is 0. The first-order chi connectivity index (χ1) is 9.24. The highest BCUT2D eigenvalue weighted by atomic mass is 127. The van der Waals surface area contributed by atoms with Gasteiger partial charge < -0.3 is 5.73 Å². The van der Waals surface area contributed by atoms with Crippen LogP contribution in [0.5, 0.6) is 0 Å². The Morgan fingerprint density at radius 2 is 2.26 bits per heavy atom. The summed E-state index contributed by atoms with van der Waals surface area (Å²) in [6, 6.07) is 9.23. The van der Waals surface area contributed by atoms with Gasteiger partial charge in [-0.25, -0.2) is 4.98 Å². The lowest BCUT2D eigenvalue weighted by Gasteiger charge is -2.25. The van der Waals surface area contributed by atoms with Crippen LogP contribution in [0.4, 0.5) is 5.13 Å². The quantitative estimate of drug-likeness (QED) is 0.820. The van der Waals surface area contributed by atoms with Crippen molar-refractivity contribution in [2.45, 2.75) is 25.4 Å². The van der Waals surface area contributed by atoms with Crippen molar-refractivity contribution in [3.05, 3.63) is 44.5 Å². The van der Waals surface area contributed by atoms with Crippen molar-refractivity contribution in [2.24, 2.45) is 0 Å². The molecule has 3 rings (SSSR count). The van der Waals surface area contributed by atoms with Gasteiger partial charge in [0, 0.05) is 27.2 Å². The molecule has 2 heterocycles. The Kier molecular flexibility index (Phi) is 4.04. The van der Waals surface area contributed by atoms with Crippen molar-refractivity contribution in [2.75, 3.05) is 12.3 Å². The lowest BCUT2D eigenvalue weighted by Crippen LogP contribution is -2.22. The molecule has 2 N–H and O–H groups in total. The third kappa shape index (κ3) is 2.93. The summed E-state index contributed by atoms with van der Waals surface area (Å²) in [6.45, 7) is 2.12. The summed E-state index contributed by atoms with van der Waals surface area (Å²) >= 11 is 4.04. The van der Waals surface area contributed by atoms with Gasteiger partial charge in [-0.2, -0.15) is 0 Å². The highest BCUT2D eigenvalue weighted by molar-refractivity contribution is 14.1. The molecule has 0 aliphatic carbocycles. The fraction of sp³-hybridized carbons (Fsp3) is 0.357. The van der Waals surface area contributed by atoms with Gasteiger partial charge in [0.05, 0.1) is 0 Å². The van der Waals surface area contributed by atoms with Crippen molar-refractivity contribution in [1.82, 2.24) is 9.88 Å². The number of likely N-dealkylation sites (tertiary alicyclic amines) is 1. The lowest BCUT2D eigenvalue weighted by molar-refractivity contribution is 0.250. The van der Waals surface area contributed by atoms with Gasteiger partial charge in [0.1, 0.15) is 0 Å². The number of halogens is 1. The van der Waals surface area contributed by atoms with Gasteiger partial charge in [-0.3, -0.25) is 4.90 Å². The van der Waals surface area contributed by atoms with E-state index in [4.69, 9.17) is 5.73 Å². The zero-order valence-corrected chi connectivity index (χ0v) is 13.5. The second-order valence-corrected chi connectivity index (χ2v) is 7.12. The van der Waals surface area contributed by atoms with Gasteiger partial charge >= 0.3 is 0 Å². The van der Waals surface area contributed by atoms with E-state index in [2.05, 4.69) is 56.7 Å². The zero-order chi connectivity index (χ0) is 13.2. The van der Waals surface area contributed by atoms with Crippen LogP contribution in [0, 0.1) is 3.57 Å². The van der Waals surface area contributed by atoms with Gasteiger partial charge in [-0.1, -0.05) is 18.2 Å². The summed E-state index contributed by atoms with van der Waals surface area (Å²) in [6.07, 6.45) is 4.42. The van der Waals surface area contributed by atoms with Crippen molar-refractivity contribution in [1.29, 1.82) is 0 Å². The lowest BCUT2D eigenvalue weighted by atomic mass is 10.0. The molecule has 19 heavy (non-hydrogen) atoms. The maximum atomic E-state index is 5.71. The first kappa shape index (κ1) is 13.3. The van der Waals surface area contributed by atoms with Gasteiger partial charge in [0.25, 0.3) is 0 Å². The number of anilines is 1. The molecule has 1 aromatic carbocycles.